The van der Waals surface area contributed by atoms with Gasteiger partial charge in [-0.15, -0.1) is 10.2 Å². The van der Waals surface area contributed by atoms with E-state index in [1.165, 1.54) is 11.3 Å². The molecule has 0 atom stereocenters. The standard InChI is InChI=1S/C12H15N5OS/c1-3-13-12-17-16-11(19-12)10(18)15-7-9-8(2)5-4-6-14-9/h4-6H,3,7H2,1-2H3,(H,13,17)(H,15,18). The average molecular weight is 277 g/mol. The molecule has 0 bridgehead atoms. The number of pyridine rings is 1. The van der Waals surface area contributed by atoms with E-state index in [1.807, 2.05) is 26.0 Å². The fourth-order valence-electron chi connectivity index (χ4n) is 1.48. The molecule has 7 heteroatoms. The minimum atomic E-state index is -0.230. The number of rotatable bonds is 5. The molecule has 0 aliphatic rings. The number of carbonyl (C=O) groups is 1. The molecule has 0 spiro atoms. The molecule has 100 valence electrons. The van der Waals surface area contributed by atoms with Crippen LogP contribution in [0, 0.1) is 6.92 Å². The van der Waals surface area contributed by atoms with E-state index in [0.717, 1.165) is 17.8 Å². The van der Waals surface area contributed by atoms with Gasteiger partial charge in [-0.2, -0.15) is 0 Å². The molecule has 1 amide bonds. The zero-order chi connectivity index (χ0) is 13.7. The first-order chi connectivity index (χ1) is 9.20. The summed E-state index contributed by atoms with van der Waals surface area (Å²) in [7, 11) is 0. The summed E-state index contributed by atoms with van der Waals surface area (Å²) in [6, 6.07) is 3.83. The van der Waals surface area contributed by atoms with Crippen LogP contribution in [-0.2, 0) is 6.54 Å². The van der Waals surface area contributed by atoms with Crippen LogP contribution >= 0.6 is 11.3 Å². The lowest BCUT2D eigenvalue weighted by atomic mass is 10.2. The first-order valence-electron chi connectivity index (χ1n) is 5.96. The second kappa shape index (κ2) is 6.24. The average Bonchev–Trinajstić information content (AvgIpc) is 2.87. The second-order valence-corrected chi connectivity index (χ2v) is 4.87. The normalized spacial score (nSPS) is 10.2. The molecule has 6 nitrogen and oxygen atoms in total. The van der Waals surface area contributed by atoms with E-state index in [-0.39, 0.29) is 5.91 Å². The molecule has 2 aromatic rings. The molecule has 0 saturated heterocycles. The zero-order valence-corrected chi connectivity index (χ0v) is 11.6. The molecule has 19 heavy (non-hydrogen) atoms. The molecular weight excluding hydrogens is 262 g/mol. The topological polar surface area (TPSA) is 79.8 Å². The third-order valence-corrected chi connectivity index (χ3v) is 3.36. The van der Waals surface area contributed by atoms with Gasteiger partial charge in [0.2, 0.25) is 10.1 Å². The van der Waals surface area contributed by atoms with Crippen LogP contribution in [0.5, 0.6) is 0 Å². The second-order valence-electron chi connectivity index (χ2n) is 3.89. The fourth-order valence-corrected chi connectivity index (χ4v) is 2.21. The van der Waals surface area contributed by atoms with Crippen molar-refractivity contribution in [2.75, 3.05) is 11.9 Å². The SMILES string of the molecule is CCNc1nnc(C(=O)NCc2ncccc2C)s1. The van der Waals surface area contributed by atoms with Crippen molar-refractivity contribution in [2.45, 2.75) is 20.4 Å². The fraction of sp³-hybridized carbons (Fsp3) is 0.333. The van der Waals surface area contributed by atoms with Crippen molar-refractivity contribution in [1.82, 2.24) is 20.5 Å². The van der Waals surface area contributed by atoms with Gasteiger partial charge in [-0.1, -0.05) is 17.4 Å². The van der Waals surface area contributed by atoms with Crippen LogP contribution in [0.2, 0.25) is 0 Å². The van der Waals surface area contributed by atoms with Crippen LogP contribution < -0.4 is 10.6 Å². The summed E-state index contributed by atoms with van der Waals surface area (Å²) in [6.45, 7) is 5.07. The molecule has 0 unspecified atom stereocenters. The number of amides is 1. The van der Waals surface area contributed by atoms with Crippen molar-refractivity contribution >= 4 is 22.4 Å². The van der Waals surface area contributed by atoms with Crippen molar-refractivity contribution in [1.29, 1.82) is 0 Å². The molecule has 2 aromatic heterocycles. The largest absolute Gasteiger partial charge is 0.360 e. The van der Waals surface area contributed by atoms with Gasteiger partial charge < -0.3 is 10.6 Å². The van der Waals surface area contributed by atoms with E-state index < -0.39 is 0 Å². The van der Waals surface area contributed by atoms with Crippen LogP contribution in [0.1, 0.15) is 28.0 Å². The highest BCUT2D eigenvalue weighted by Crippen LogP contribution is 2.14. The number of anilines is 1. The summed E-state index contributed by atoms with van der Waals surface area (Å²) in [5.74, 6) is -0.230. The Morgan fingerprint density at radius 2 is 2.26 bits per heavy atom. The molecular formula is C12H15N5OS. The van der Waals surface area contributed by atoms with Gasteiger partial charge in [0.15, 0.2) is 0 Å². The molecule has 0 saturated carbocycles. The Labute approximate surface area is 115 Å². The minimum absolute atomic E-state index is 0.230. The van der Waals surface area contributed by atoms with E-state index in [2.05, 4.69) is 25.8 Å². The maximum Gasteiger partial charge on any atom is 0.282 e. The highest BCUT2D eigenvalue weighted by molar-refractivity contribution is 7.17. The maximum atomic E-state index is 11.9. The Kier molecular flexibility index (Phi) is 4.40. The number of aromatic nitrogens is 3. The van der Waals surface area contributed by atoms with Gasteiger partial charge in [-0.25, -0.2) is 0 Å². The number of aryl methyl sites for hydroxylation is 1. The highest BCUT2D eigenvalue weighted by Gasteiger charge is 2.12. The molecule has 0 fully saturated rings. The lowest BCUT2D eigenvalue weighted by Gasteiger charge is -2.04. The van der Waals surface area contributed by atoms with Crippen molar-refractivity contribution in [3.8, 4) is 0 Å². The van der Waals surface area contributed by atoms with Crippen molar-refractivity contribution in [2.24, 2.45) is 0 Å². The van der Waals surface area contributed by atoms with Gasteiger partial charge in [0.1, 0.15) is 0 Å². The third kappa shape index (κ3) is 3.47. The van der Waals surface area contributed by atoms with Gasteiger partial charge in [-0.3, -0.25) is 9.78 Å². The van der Waals surface area contributed by atoms with Gasteiger partial charge in [0.05, 0.1) is 12.2 Å². The van der Waals surface area contributed by atoms with Crippen LogP contribution in [0.25, 0.3) is 0 Å². The van der Waals surface area contributed by atoms with Gasteiger partial charge in [0, 0.05) is 12.7 Å². The Balaban J connectivity index is 1.95. The predicted molar refractivity (Wildman–Crippen MR) is 74.2 cm³/mol. The molecule has 2 heterocycles. The number of hydrogen-bond acceptors (Lipinski definition) is 6. The third-order valence-electron chi connectivity index (χ3n) is 2.48. The van der Waals surface area contributed by atoms with Crippen LogP contribution in [0.4, 0.5) is 5.13 Å². The van der Waals surface area contributed by atoms with Gasteiger partial charge in [0.25, 0.3) is 5.91 Å². The molecule has 2 N–H and O–H groups in total. The van der Waals surface area contributed by atoms with E-state index in [4.69, 9.17) is 0 Å². The zero-order valence-electron chi connectivity index (χ0n) is 10.8. The summed E-state index contributed by atoms with van der Waals surface area (Å²) in [5, 5.41) is 14.5. The Hall–Kier alpha value is -2.02. The summed E-state index contributed by atoms with van der Waals surface area (Å²) >= 11 is 1.24. The van der Waals surface area contributed by atoms with Crippen molar-refractivity contribution < 1.29 is 4.79 Å². The summed E-state index contributed by atoms with van der Waals surface area (Å²) < 4.78 is 0. The van der Waals surface area contributed by atoms with Crippen LogP contribution in [-0.4, -0.2) is 27.6 Å². The van der Waals surface area contributed by atoms with E-state index in [0.29, 0.717) is 16.7 Å². The molecule has 2 rings (SSSR count). The smallest absolute Gasteiger partial charge is 0.282 e. The van der Waals surface area contributed by atoms with E-state index >= 15 is 0 Å². The monoisotopic (exact) mass is 277 g/mol. The molecule has 0 aromatic carbocycles. The van der Waals surface area contributed by atoms with E-state index in [1.54, 1.807) is 6.20 Å². The van der Waals surface area contributed by atoms with Gasteiger partial charge in [-0.05, 0) is 25.5 Å². The van der Waals surface area contributed by atoms with E-state index in [9.17, 15) is 4.79 Å². The summed E-state index contributed by atoms with van der Waals surface area (Å²) in [6.07, 6.45) is 1.71. The summed E-state index contributed by atoms with van der Waals surface area (Å²) in [4.78, 5) is 16.1. The number of nitrogens with zero attached hydrogens (tertiary/aromatic N) is 3. The molecule has 0 radical (unpaired) electrons. The lowest BCUT2D eigenvalue weighted by molar-refractivity contribution is 0.0949. The number of nitrogens with one attached hydrogen (secondary N) is 2. The predicted octanol–water partition coefficient (Wildman–Crippen LogP) is 1.60. The first kappa shape index (κ1) is 13.4. The Morgan fingerprint density at radius 3 is 3.00 bits per heavy atom. The quantitative estimate of drug-likeness (QED) is 0.868. The number of carbonyl (C=O) groups excluding carboxylic acids is 1. The van der Waals surface area contributed by atoms with Crippen molar-refractivity contribution in [3.05, 3.63) is 34.6 Å². The summed E-state index contributed by atoms with van der Waals surface area (Å²) in [5.41, 5.74) is 1.90. The van der Waals surface area contributed by atoms with Gasteiger partial charge >= 0.3 is 0 Å². The Morgan fingerprint density at radius 1 is 1.42 bits per heavy atom. The van der Waals surface area contributed by atoms with Crippen molar-refractivity contribution in [3.63, 3.8) is 0 Å². The maximum absolute atomic E-state index is 11.9. The lowest BCUT2D eigenvalue weighted by Crippen LogP contribution is -2.23. The van der Waals surface area contributed by atoms with Crippen LogP contribution in [0.3, 0.4) is 0 Å². The molecule has 0 aliphatic carbocycles. The number of hydrogen-bond donors (Lipinski definition) is 2. The van der Waals surface area contributed by atoms with Crippen LogP contribution in [0.15, 0.2) is 18.3 Å². The Bertz CT molecular complexity index is 569. The first-order valence-corrected chi connectivity index (χ1v) is 6.78. The molecule has 0 aliphatic heterocycles. The minimum Gasteiger partial charge on any atom is -0.360 e. The highest BCUT2D eigenvalue weighted by atomic mass is 32.1.